The van der Waals surface area contributed by atoms with Crippen LogP contribution in [0.4, 0.5) is 0 Å². The SMILES string of the molecule is CC(C)(C)C(=O)OCCC[C@H]1OCCC[C@@H]1O. The van der Waals surface area contributed by atoms with E-state index in [1.54, 1.807) is 0 Å². The normalized spacial score (nSPS) is 25.6. The quantitative estimate of drug-likeness (QED) is 0.606. The van der Waals surface area contributed by atoms with Gasteiger partial charge >= 0.3 is 5.97 Å². The summed E-state index contributed by atoms with van der Waals surface area (Å²) in [6, 6.07) is 0. The number of hydrogen-bond acceptors (Lipinski definition) is 4. The third kappa shape index (κ3) is 5.04. The number of aliphatic hydroxyl groups is 1. The second-order valence-electron chi connectivity index (χ2n) is 5.65. The minimum Gasteiger partial charge on any atom is -0.465 e. The molecule has 1 saturated heterocycles. The lowest BCUT2D eigenvalue weighted by molar-refractivity contribution is -0.153. The summed E-state index contributed by atoms with van der Waals surface area (Å²) in [5, 5.41) is 9.67. The van der Waals surface area contributed by atoms with E-state index >= 15 is 0 Å². The van der Waals surface area contributed by atoms with Crippen molar-refractivity contribution in [2.24, 2.45) is 5.41 Å². The van der Waals surface area contributed by atoms with Gasteiger partial charge in [0, 0.05) is 6.61 Å². The highest BCUT2D eigenvalue weighted by Gasteiger charge is 2.25. The Morgan fingerprint density at radius 2 is 2.18 bits per heavy atom. The number of carbonyl (C=O) groups is 1. The van der Waals surface area contributed by atoms with Crippen LogP contribution >= 0.6 is 0 Å². The maximum atomic E-state index is 11.5. The molecule has 1 heterocycles. The molecule has 0 aromatic carbocycles. The van der Waals surface area contributed by atoms with Crippen LogP contribution in [-0.4, -0.2) is 36.5 Å². The zero-order valence-electron chi connectivity index (χ0n) is 11.1. The van der Waals surface area contributed by atoms with E-state index in [-0.39, 0.29) is 18.2 Å². The van der Waals surface area contributed by atoms with Gasteiger partial charge in [-0.1, -0.05) is 0 Å². The van der Waals surface area contributed by atoms with Crippen molar-refractivity contribution in [2.45, 2.75) is 58.7 Å². The molecule has 4 nitrogen and oxygen atoms in total. The number of carbonyl (C=O) groups excluding carboxylic acids is 1. The summed E-state index contributed by atoms with van der Waals surface area (Å²) in [7, 11) is 0. The fourth-order valence-electron chi connectivity index (χ4n) is 1.77. The van der Waals surface area contributed by atoms with Gasteiger partial charge in [-0.05, 0) is 46.5 Å². The van der Waals surface area contributed by atoms with Gasteiger partial charge in [-0.3, -0.25) is 4.79 Å². The molecular formula is C13H24O4. The van der Waals surface area contributed by atoms with Crippen molar-refractivity contribution in [3.8, 4) is 0 Å². The molecule has 0 unspecified atom stereocenters. The van der Waals surface area contributed by atoms with Gasteiger partial charge in [-0.15, -0.1) is 0 Å². The third-order valence-electron chi connectivity index (χ3n) is 2.88. The van der Waals surface area contributed by atoms with E-state index in [2.05, 4.69) is 0 Å². The molecule has 0 aromatic rings. The predicted molar refractivity (Wildman–Crippen MR) is 64.6 cm³/mol. The van der Waals surface area contributed by atoms with Crippen molar-refractivity contribution >= 4 is 5.97 Å². The number of aliphatic hydroxyl groups excluding tert-OH is 1. The second kappa shape index (κ2) is 6.36. The van der Waals surface area contributed by atoms with Crippen molar-refractivity contribution in [3.63, 3.8) is 0 Å². The van der Waals surface area contributed by atoms with Gasteiger partial charge in [-0.2, -0.15) is 0 Å². The lowest BCUT2D eigenvalue weighted by atomic mass is 9.97. The first-order valence-electron chi connectivity index (χ1n) is 6.38. The van der Waals surface area contributed by atoms with E-state index in [0.717, 1.165) is 32.3 Å². The summed E-state index contributed by atoms with van der Waals surface area (Å²) in [5.74, 6) is -0.178. The summed E-state index contributed by atoms with van der Waals surface area (Å²) in [6.45, 7) is 6.64. The monoisotopic (exact) mass is 244 g/mol. The van der Waals surface area contributed by atoms with Crippen LogP contribution < -0.4 is 0 Å². The molecule has 0 bridgehead atoms. The Hall–Kier alpha value is -0.610. The number of esters is 1. The smallest absolute Gasteiger partial charge is 0.311 e. The van der Waals surface area contributed by atoms with Crippen LogP contribution in [0.2, 0.25) is 0 Å². The predicted octanol–water partition coefficient (Wildman–Crippen LogP) is 1.90. The van der Waals surface area contributed by atoms with Crippen molar-refractivity contribution < 1.29 is 19.4 Å². The molecule has 1 aliphatic heterocycles. The van der Waals surface area contributed by atoms with E-state index in [1.807, 2.05) is 20.8 Å². The molecular weight excluding hydrogens is 220 g/mol. The summed E-state index contributed by atoms with van der Waals surface area (Å²) in [5.41, 5.74) is -0.444. The van der Waals surface area contributed by atoms with Gasteiger partial charge in [0.2, 0.25) is 0 Å². The Bertz CT molecular complexity index is 244. The first-order valence-corrected chi connectivity index (χ1v) is 6.38. The second-order valence-corrected chi connectivity index (χ2v) is 5.65. The Morgan fingerprint density at radius 3 is 2.76 bits per heavy atom. The molecule has 1 aliphatic rings. The average molecular weight is 244 g/mol. The highest BCUT2D eigenvalue weighted by Crippen LogP contribution is 2.19. The highest BCUT2D eigenvalue weighted by molar-refractivity contribution is 5.75. The largest absolute Gasteiger partial charge is 0.465 e. The lowest BCUT2D eigenvalue weighted by Crippen LogP contribution is -2.34. The summed E-state index contributed by atoms with van der Waals surface area (Å²) in [6.07, 6.45) is 2.78. The van der Waals surface area contributed by atoms with Crippen molar-refractivity contribution in [2.75, 3.05) is 13.2 Å². The molecule has 100 valence electrons. The minimum atomic E-state index is -0.444. The molecule has 0 aliphatic carbocycles. The van der Waals surface area contributed by atoms with E-state index in [4.69, 9.17) is 9.47 Å². The molecule has 1 N–H and O–H groups in total. The van der Waals surface area contributed by atoms with Crippen LogP contribution in [0.1, 0.15) is 46.5 Å². The van der Waals surface area contributed by atoms with E-state index in [1.165, 1.54) is 0 Å². The molecule has 0 amide bonds. The summed E-state index contributed by atoms with van der Waals surface area (Å²) >= 11 is 0. The molecule has 0 spiro atoms. The Labute approximate surface area is 103 Å². The standard InChI is InChI=1S/C13H24O4/c1-13(2,3)12(15)17-9-5-7-11-10(14)6-4-8-16-11/h10-11,14H,4-9H2,1-3H3/t10-,11+/m0/s1. The van der Waals surface area contributed by atoms with Crippen LogP contribution in [0.3, 0.4) is 0 Å². The molecule has 2 atom stereocenters. The van der Waals surface area contributed by atoms with Gasteiger partial charge in [0.15, 0.2) is 0 Å². The molecule has 4 heteroatoms. The maximum absolute atomic E-state index is 11.5. The minimum absolute atomic E-state index is 0.0860. The fourth-order valence-corrected chi connectivity index (χ4v) is 1.77. The Kier molecular flexibility index (Phi) is 5.40. The van der Waals surface area contributed by atoms with Crippen LogP contribution in [0, 0.1) is 5.41 Å². The van der Waals surface area contributed by atoms with Gasteiger partial charge in [0.1, 0.15) is 0 Å². The number of ether oxygens (including phenoxy) is 2. The van der Waals surface area contributed by atoms with Crippen molar-refractivity contribution in [1.82, 2.24) is 0 Å². The first-order chi connectivity index (χ1) is 7.91. The molecule has 0 radical (unpaired) electrons. The van der Waals surface area contributed by atoms with Crippen LogP contribution in [0.5, 0.6) is 0 Å². The number of hydrogen-bond donors (Lipinski definition) is 1. The lowest BCUT2D eigenvalue weighted by Gasteiger charge is -2.28. The zero-order valence-corrected chi connectivity index (χ0v) is 11.1. The molecule has 0 saturated carbocycles. The highest BCUT2D eigenvalue weighted by atomic mass is 16.5. The first kappa shape index (κ1) is 14.5. The van der Waals surface area contributed by atoms with Crippen LogP contribution in [-0.2, 0) is 14.3 Å². The average Bonchev–Trinajstić information content (AvgIpc) is 2.25. The maximum Gasteiger partial charge on any atom is 0.311 e. The Morgan fingerprint density at radius 1 is 1.47 bits per heavy atom. The van der Waals surface area contributed by atoms with Gasteiger partial charge in [-0.25, -0.2) is 0 Å². The molecule has 0 aromatic heterocycles. The third-order valence-corrected chi connectivity index (χ3v) is 2.88. The Balaban J connectivity index is 2.13. The fraction of sp³-hybridized carbons (Fsp3) is 0.923. The summed E-state index contributed by atoms with van der Waals surface area (Å²) in [4.78, 5) is 11.5. The van der Waals surface area contributed by atoms with E-state index in [0.29, 0.717) is 6.61 Å². The van der Waals surface area contributed by atoms with Gasteiger partial charge < -0.3 is 14.6 Å². The molecule has 1 fully saturated rings. The van der Waals surface area contributed by atoms with E-state index < -0.39 is 5.41 Å². The topological polar surface area (TPSA) is 55.8 Å². The van der Waals surface area contributed by atoms with E-state index in [9.17, 15) is 9.90 Å². The molecule has 1 rings (SSSR count). The van der Waals surface area contributed by atoms with Crippen molar-refractivity contribution in [3.05, 3.63) is 0 Å². The van der Waals surface area contributed by atoms with Crippen LogP contribution in [0.25, 0.3) is 0 Å². The number of rotatable bonds is 4. The molecule has 17 heavy (non-hydrogen) atoms. The van der Waals surface area contributed by atoms with Crippen molar-refractivity contribution in [1.29, 1.82) is 0 Å². The zero-order chi connectivity index (χ0) is 12.9. The van der Waals surface area contributed by atoms with Gasteiger partial charge in [0.25, 0.3) is 0 Å². The van der Waals surface area contributed by atoms with Gasteiger partial charge in [0.05, 0.1) is 24.2 Å². The summed E-state index contributed by atoms with van der Waals surface area (Å²) < 4.78 is 10.6. The van der Waals surface area contributed by atoms with Crippen LogP contribution in [0.15, 0.2) is 0 Å².